The van der Waals surface area contributed by atoms with Gasteiger partial charge in [0.15, 0.2) is 0 Å². The van der Waals surface area contributed by atoms with E-state index in [1.807, 2.05) is 12.1 Å². The fraction of sp³-hybridized carbons (Fsp3) is 0.455. The Labute approximate surface area is 94.8 Å². The van der Waals surface area contributed by atoms with Gasteiger partial charge in [-0.25, -0.2) is 0 Å². The minimum absolute atomic E-state index is 0.493. The molecule has 0 radical (unpaired) electrons. The number of thiophene rings is 1. The van der Waals surface area contributed by atoms with Crippen molar-refractivity contribution in [2.24, 2.45) is 0 Å². The summed E-state index contributed by atoms with van der Waals surface area (Å²) in [5.41, 5.74) is 0. The summed E-state index contributed by atoms with van der Waals surface area (Å²) in [7, 11) is 0. The van der Waals surface area contributed by atoms with Crippen LogP contribution < -0.4 is 5.32 Å². The first-order valence-electron chi connectivity index (χ1n) is 4.84. The van der Waals surface area contributed by atoms with E-state index >= 15 is 0 Å². The molecule has 14 heavy (non-hydrogen) atoms. The Morgan fingerprint density at radius 1 is 1.64 bits per heavy atom. The Morgan fingerprint density at radius 3 is 2.93 bits per heavy atom. The van der Waals surface area contributed by atoms with Crippen LogP contribution in [0.2, 0.25) is 4.34 Å². The van der Waals surface area contributed by atoms with Crippen molar-refractivity contribution in [2.75, 3.05) is 6.54 Å². The van der Waals surface area contributed by atoms with Gasteiger partial charge >= 0.3 is 0 Å². The summed E-state index contributed by atoms with van der Waals surface area (Å²) in [5, 5.41) is 3.43. The second-order valence-electron chi connectivity index (χ2n) is 3.19. The molecule has 1 atom stereocenters. The zero-order chi connectivity index (χ0) is 10.4. The Morgan fingerprint density at radius 2 is 2.43 bits per heavy atom. The van der Waals surface area contributed by atoms with Gasteiger partial charge < -0.3 is 5.32 Å². The van der Waals surface area contributed by atoms with Gasteiger partial charge in [-0.15, -0.1) is 17.9 Å². The summed E-state index contributed by atoms with van der Waals surface area (Å²) in [5.74, 6) is 0. The molecule has 0 aliphatic heterocycles. The van der Waals surface area contributed by atoms with E-state index in [9.17, 15) is 0 Å². The fourth-order valence-electron chi connectivity index (χ4n) is 1.43. The Hall–Kier alpha value is -0.310. The third kappa shape index (κ3) is 3.82. The summed E-state index contributed by atoms with van der Waals surface area (Å²) in [4.78, 5) is 1.34. The molecule has 0 fully saturated rings. The number of hydrogen-bond acceptors (Lipinski definition) is 2. The molecule has 0 aromatic carbocycles. The van der Waals surface area contributed by atoms with Crippen LogP contribution in [0, 0.1) is 0 Å². The Kier molecular flexibility index (Phi) is 5.23. The van der Waals surface area contributed by atoms with E-state index in [1.54, 1.807) is 11.3 Å². The largest absolute Gasteiger partial charge is 0.314 e. The first-order valence-corrected chi connectivity index (χ1v) is 6.04. The summed E-state index contributed by atoms with van der Waals surface area (Å²) in [6, 6.07) is 4.55. The van der Waals surface area contributed by atoms with Crippen LogP contribution in [0.4, 0.5) is 0 Å². The van der Waals surface area contributed by atoms with Crippen LogP contribution in [-0.2, 0) is 6.42 Å². The van der Waals surface area contributed by atoms with Gasteiger partial charge in [-0.05, 0) is 31.5 Å². The van der Waals surface area contributed by atoms with Crippen molar-refractivity contribution in [3.8, 4) is 0 Å². The molecule has 78 valence electrons. The van der Waals surface area contributed by atoms with Gasteiger partial charge in [0.25, 0.3) is 0 Å². The zero-order valence-electron chi connectivity index (χ0n) is 8.42. The molecular weight excluding hydrogens is 214 g/mol. The standard InChI is InChI=1S/C11H16ClNS/c1-3-5-9(13-4-2)8-10-6-7-11(12)14-10/h3,6-7,9,13H,1,4-5,8H2,2H3. The Bertz CT molecular complexity index is 283. The minimum Gasteiger partial charge on any atom is -0.314 e. The second kappa shape index (κ2) is 6.23. The highest BCUT2D eigenvalue weighted by Crippen LogP contribution is 2.22. The molecule has 0 bridgehead atoms. The van der Waals surface area contributed by atoms with Crippen LogP contribution >= 0.6 is 22.9 Å². The van der Waals surface area contributed by atoms with E-state index in [4.69, 9.17) is 11.6 Å². The van der Waals surface area contributed by atoms with Crippen LogP contribution in [0.1, 0.15) is 18.2 Å². The number of halogens is 1. The van der Waals surface area contributed by atoms with Crippen molar-refractivity contribution in [2.45, 2.75) is 25.8 Å². The van der Waals surface area contributed by atoms with Crippen molar-refractivity contribution in [1.29, 1.82) is 0 Å². The van der Waals surface area contributed by atoms with Crippen LogP contribution in [0.25, 0.3) is 0 Å². The highest BCUT2D eigenvalue weighted by molar-refractivity contribution is 7.16. The van der Waals surface area contributed by atoms with Crippen molar-refractivity contribution in [3.05, 3.63) is 34.0 Å². The maximum absolute atomic E-state index is 5.88. The first-order chi connectivity index (χ1) is 6.76. The Balaban J connectivity index is 2.49. The molecule has 1 heterocycles. The van der Waals surface area contributed by atoms with Gasteiger partial charge in [-0.1, -0.05) is 24.6 Å². The van der Waals surface area contributed by atoms with E-state index in [0.29, 0.717) is 6.04 Å². The van der Waals surface area contributed by atoms with Crippen molar-refractivity contribution < 1.29 is 0 Å². The molecule has 1 rings (SSSR count). The van der Waals surface area contributed by atoms with Crippen molar-refractivity contribution in [1.82, 2.24) is 5.32 Å². The molecule has 1 N–H and O–H groups in total. The number of rotatable bonds is 6. The minimum atomic E-state index is 0.493. The lowest BCUT2D eigenvalue weighted by Crippen LogP contribution is -2.30. The lowest BCUT2D eigenvalue weighted by atomic mass is 10.1. The zero-order valence-corrected chi connectivity index (χ0v) is 10.00. The SMILES string of the molecule is C=CCC(Cc1ccc(Cl)s1)NCC. The molecule has 0 aliphatic rings. The van der Waals surface area contributed by atoms with Crippen LogP contribution in [0.5, 0.6) is 0 Å². The molecular formula is C11H16ClNS. The number of hydrogen-bond donors (Lipinski definition) is 1. The molecule has 0 spiro atoms. The molecule has 1 nitrogen and oxygen atoms in total. The van der Waals surface area contributed by atoms with E-state index in [1.165, 1.54) is 4.88 Å². The molecule has 1 unspecified atom stereocenters. The normalized spacial score (nSPS) is 12.7. The average molecular weight is 230 g/mol. The van der Waals surface area contributed by atoms with Crippen LogP contribution in [-0.4, -0.2) is 12.6 Å². The third-order valence-corrected chi connectivity index (χ3v) is 3.27. The van der Waals surface area contributed by atoms with Crippen molar-refractivity contribution >= 4 is 22.9 Å². The van der Waals surface area contributed by atoms with Crippen LogP contribution in [0.3, 0.4) is 0 Å². The summed E-state index contributed by atoms with van der Waals surface area (Å²) in [6.45, 7) is 6.89. The van der Waals surface area contributed by atoms with E-state index < -0.39 is 0 Å². The van der Waals surface area contributed by atoms with Gasteiger partial charge in [0, 0.05) is 10.9 Å². The molecule has 0 saturated heterocycles. The predicted octanol–water partition coefficient (Wildman–Crippen LogP) is 3.50. The van der Waals surface area contributed by atoms with E-state index in [0.717, 1.165) is 23.7 Å². The first kappa shape index (κ1) is 11.8. The topological polar surface area (TPSA) is 12.0 Å². The lowest BCUT2D eigenvalue weighted by molar-refractivity contribution is 0.533. The molecule has 0 saturated carbocycles. The maximum Gasteiger partial charge on any atom is 0.0931 e. The van der Waals surface area contributed by atoms with Gasteiger partial charge in [0.05, 0.1) is 4.34 Å². The molecule has 3 heteroatoms. The highest BCUT2D eigenvalue weighted by Gasteiger charge is 2.07. The predicted molar refractivity (Wildman–Crippen MR) is 65.3 cm³/mol. The quantitative estimate of drug-likeness (QED) is 0.737. The summed E-state index contributed by atoms with van der Waals surface area (Å²) >= 11 is 7.53. The smallest absolute Gasteiger partial charge is 0.0931 e. The monoisotopic (exact) mass is 229 g/mol. The van der Waals surface area contributed by atoms with Crippen molar-refractivity contribution in [3.63, 3.8) is 0 Å². The fourth-order valence-corrected chi connectivity index (χ4v) is 2.60. The number of likely N-dealkylation sites (N-methyl/N-ethyl adjacent to an activating group) is 1. The van der Waals surface area contributed by atoms with E-state index in [2.05, 4.69) is 24.9 Å². The van der Waals surface area contributed by atoms with Crippen LogP contribution in [0.15, 0.2) is 24.8 Å². The van der Waals surface area contributed by atoms with Gasteiger partial charge in [0.1, 0.15) is 0 Å². The van der Waals surface area contributed by atoms with Gasteiger partial charge in [-0.2, -0.15) is 0 Å². The lowest BCUT2D eigenvalue weighted by Gasteiger charge is -2.14. The molecule has 1 aromatic heterocycles. The highest BCUT2D eigenvalue weighted by atomic mass is 35.5. The molecule has 0 amide bonds. The maximum atomic E-state index is 5.88. The molecule has 0 aliphatic carbocycles. The average Bonchev–Trinajstić information content (AvgIpc) is 2.52. The summed E-state index contributed by atoms with van der Waals surface area (Å²) < 4.78 is 0.869. The number of nitrogens with one attached hydrogen (secondary N) is 1. The molecule has 1 aromatic rings. The van der Waals surface area contributed by atoms with Gasteiger partial charge in [-0.3, -0.25) is 0 Å². The second-order valence-corrected chi connectivity index (χ2v) is 4.99. The van der Waals surface area contributed by atoms with E-state index in [-0.39, 0.29) is 0 Å². The van der Waals surface area contributed by atoms with Gasteiger partial charge in [0.2, 0.25) is 0 Å². The third-order valence-electron chi connectivity index (χ3n) is 2.02. The summed E-state index contributed by atoms with van der Waals surface area (Å²) in [6.07, 6.45) is 4.00.